The summed E-state index contributed by atoms with van der Waals surface area (Å²) in [6, 6.07) is 9.01. The summed E-state index contributed by atoms with van der Waals surface area (Å²) in [7, 11) is 0.320. The van der Waals surface area contributed by atoms with E-state index in [9.17, 15) is 4.79 Å². The first-order valence-electron chi connectivity index (χ1n) is 5.47. The van der Waals surface area contributed by atoms with Crippen molar-refractivity contribution in [1.29, 1.82) is 5.26 Å². The van der Waals surface area contributed by atoms with Gasteiger partial charge in [-0.05, 0) is 48.0 Å². The fraction of sp³-hybridized carbons (Fsp3) is 0.385. The summed E-state index contributed by atoms with van der Waals surface area (Å²) < 4.78 is 0. The molecule has 0 amide bonds. The number of hydrogen-bond donors (Lipinski definition) is 0. The topological polar surface area (TPSA) is 40.9 Å². The van der Waals surface area contributed by atoms with Gasteiger partial charge in [-0.15, -0.1) is 0 Å². The molecule has 82 valence electrons. The Balaban J connectivity index is 2.00. The van der Waals surface area contributed by atoms with E-state index >= 15 is 0 Å². The van der Waals surface area contributed by atoms with E-state index in [4.69, 9.17) is 5.26 Å². The average molecular weight is 232 g/mol. The molecule has 1 fully saturated rings. The maximum Gasteiger partial charge on any atom is 0.211 e. The molecule has 3 heteroatoms. The summed E-state index contributed by atoms with van der Waals surface area (Å²) >= 11 is 0. The van der Waals surface area contributed by atoms with E-state index in [0.717, 1.165) is 5.56 Å². The number of carbonyl (C=O) groups is 1. The average Bonchev–Trinajstić information content (AvgIpc) is 2.82. The van der Waals surface area contributed by atoms with E-state index in [1.165, 1.54) is 24.3 Å². The Hall–Kier alpha value is -1.27. The summed E-state index contributed by atoms with van der Waals surface area (Å²) in [5.74, 6) is 3.38. The Labute approximate surface area is 98.6 Å². The van der Waals surface area contributed by atoms with Crippen molar-refractivity contribution in [3.63, 3.8) is 0 Å². The molecule has 1 aromatic rings. The highest BCUT2D eigenvalue weighted by Gasteiger charge is 2.27. The Morgan fingerprint density at radius 1 is 1.25 bits per heavy atom. The second-order valence-electron chi connectivity index (χ2n) is 3.98. The summed E-state index contributed by atoms with van der Waals surface area (Å²) in [6.45, 7) is 0. The lowest BCUT2D eigenvalue weighted by molar-refractivity contribution is 0.102. The largest absolute Gasteiger partial charge is 0.289 e. The number of rotatable bonds is 3. The molecule has 0 N–H and O–H groups in total. The molecule has 1 aliphatic rings. The molecule has 0 radical (unpaired) electrons. The van der Waals surface area contributed by atoms with Gasteiger partial charge in [0.15, 0.2) is 5.75 Å². The third kappa shape index (κ3) is 2.65. The summed E-state index contributed by atoms with van der Waals surface area (Å²) in [6.07, 6.45) is 2.56. The van der Waals surface area contributed by atoms with Crippen LogP contribution in [0.1, 0.15) is 28.8 Å². The van der Waals surface area contributed by atoms with Gasteiger partial charge in [-0.25, -0.2) is 0 Å². The van der Waals surface area contributed by atoms with Crippen LogP contribution in [0.4, 0.5) is 0 Å². The fourth-order valence-electron chi connectivity index (χ4n) is 1.86. The van der Waals surface area contributed by atoms with Crippen LogP contribution in [0, 0.1) is 11.3 Å². The second kappa shape index (κ2) is 5.18. The molecule has 0 atom stereocenters. The first-order valence-corrected chi connectivity index (χ1v) is 7.20. The molecule has 16 heavy (non-hydrogen) atoms. The minimum atomic E-state index is 0.231. The zero-order valence-electron chi connectivity index (χ0n) is 9.11. The zero-order chi connectivity index (χ0) is 11.4. The van der Waals surface area contributed by atoms with Crippen molar-refractivity contribution in [3.8, 4) is 6.07 Å². The molecular formula is C13H14NOS+. The molecule has 0 bridgehead atoms. The lowest BCUT2D eigenvalue weighted by Crippen LogP contribution is -2.17. The number of nitrogens with zero attached hydrogens (tertiary/aromatic N) is 1. The van der Waals surface area contributed by atoms with Crippen LogP contribution in [-0.2, 0) is 10.9 Å². The van der Waals surface area contributed by atoms with Gasteiger partial charge in [-0.1, -0.05) is 0 Å². The van der Waals surface area contributed by atoms with Gasteiger partial charge in [0, 0.05) is 5.56 Å². The quantitative estimate of drug-likeness (QED) is 0.592. The normalized spacial score (nSPS) is 15.9. The Morgan fingerprint density at radius 2 is 1.88 bits per heavy atom. The third-order valence-corrected chi connectivity index (χ3v) is 5.19. The van der Waals surface area contributed by atoms with Crippen LogP contribution < -0.4 is 0 Å². The monoisotopic (exact) mass is 232 g/mol. The van der Waals surface area contributed by atoms with Gasteiger partial charge in [0.25, 0.3) is 0 Å². The smallest absolute Gasteiger partial charge is 0.211 e. The standard InChI is InChI=1S/C13H14NOS/c14-9-11-3-5-12(6-4-11)13(15)10-16-7-1-2-8-16/h3-6H,1-2,7-8,10H2/q+1. The van der Waals surface area contributed by atoms with Crippen molar-refractivity contribution in [2.45, 2.75) is 12.8 Å². The number of hydrogen-bond acceptors (Lipinski definition) is 2. The van der Waals surface area contributed by atoms with Crippen molar-refractivity contribution in [1.82, 2.24) is 0 Å². The van der Waals surface area contributed by atoms with Crippen molar-refractivity contribution in [3.05, 3.63) is 35.4 Å². The molecule has 0 saturated carbocycles. The Morgan fingerprint density at radius 3 is 2.44 bits per heavy atom. The van der Waals surface area contributed by atoms with Crippen molar-refractivity contribution >= 4 is 16.7 Å². The predicted molar refractivity (Wildman–Crippen MR) is 66.7 cm³/mol. The van der Waals surface area contributed by atoms with Crippen molar-refractivity contribution in [2.75, 3.05) is 17.3 Å². The number of nitriles is 1. The summed E-state index contributed by atoms with van der Waals surface area (Å²) in [5.41, 5.74) is 1.36. The van der Waals surface area contributed by atoms with Crippen LogP contribution in [0.15, 0.2) is 24.3 Å². The SMILES string of the molecule is N#Cc1ccc(C(=O)C[S+]2CCCC2)cc1. The van der Waals surface area contributed by atoms with Gasteiger partial charge in [-0.2, -0.15) is 5.26 Å². The molecule has 0 spiro atoms. The molecule has 2 nitrogen and oxygen atoms in total. The van der Waals surface area contributed by atoms with E-state index in [1.807, 2.05) is 0 Å². The number of ketones is 1. The zero-order valence-corrected chi connectivity index (χ0v) is 9.93. The highest BCUT2D eigenvalue weighted by molar-refractivity contribution is 7.97. The van der Waals surface area contributed by atoms with Crippen LogP contribution in [-0.4, -0.2) is 23.0 Å². The second-order valence-corrected chi connectivity index (χ2v) is 6.31. The van der Waals surface area contributed by atoms with Crippen LogP contribution >= 0.6 is 0 Å². The summed E-state index contributed by atoms with van der Waals surface area (Å²) in [5, 5.41) is 8.66. The van der Waals surface area contributed by atoms with Crippen LogP contribution in [0.5, 0.6) is 0 Å². The number of carbonyl (C=O) groups excluding carboxylic acids is 1. The first kappa shape index (κ1) is 11.2. The van der Waals surface area contributed by atoms with Gasteiger partial charge in [0.1, 0.15) is 11.5 Å². The van der Waals surface area contributed by atoms with Gasteiger partial charge >= 0.3 is 0 Å². The molecule has 1 heterocycles. The number of benzene rings is 1. The van der Waals surface area contributed by atoms with Gasteiger partial charge in [0.05, 0.1) is 11.6 Å². The molecule has 0 unspecified atom stereocenters. The Bertz CT molecular complexity index is 413. The maximum atomic E-state index is 11.9. The van der Waals surface area contributed by atoms with Crippen LogP contribution in [0.2, 0.25) is 0 Å². The molecule has 1 aromatic carbocycles. The van der Waals surface area contributed by atoms with E-state index in [1.54, 1.807) is 24.3 Å². The lowest BCUT2D eigenvalue weighted by atomic mass is 10.1. The fourth-order valence-corrected chi connectivity index (χ4v) is 4.11. The minimum absolute atomic E-state index is 0.231. The number of Topliss-reactive ketones (excluding diaryl/α,β-unsaturated/α-hetero) is 1. The molecule has 2 rings (SSSR count). The maximum absolute atomic E-state index is 11.9. The van der Waals surface area contributed by atoms with Gasteiger partial charge < -0.3 is 0 Å². The molecule has 1 saturated heterocycles. The minimum Gasteiger partial charge on any atom is -0.289 e. The third-order valence-electron chi connectivity index (χ3n) is 2.79. The van der Waals surface area contributed by atoms with E-state index in [2.05, 4.69) is 6.07 Å². The van der Waals surface area contributed by atoms with Crippen LogP contribution in [0.3, 0.4) is 0 Å². The first-order chi connectivity index (χ1) is 7.79. The highest BCUT2D eigenvalue weighted by Crippen LogP contribution is 2.15. The highest BCUT2D eigenvalue weighted by atomic mass is 32.2. The van der Waals surface area contributed by atoms with Gasteiger partial charge in [-0.3, -0.25) is 4.79 Å². The molecule has 0 aliphatic carbocycles. The lowest BCUT2D eigenvalue weighted by Gasteiger charge is -2.00. The van der Waals surface area contributed by atoms with Crippen molar-refractivity contribution in [2.24, 2.45) is 0 Å². The van der Waals surface area contributed by atoms with Gasteiger partial charge in [0.2, 0.25) is 5.78 Å². The van der Waals surface area contributed by atoms with E-state index < -0.39 is 0 Å². The summed E-state index contributed by atoms with van der Waals surface area (Å²) in [4.78, 5) is 11.9. The molecule has 0 aromatic heterocycles. The predicted octanol–water partition coefficient (Wildman–Crippen LogP) is 2.15. The van der Waals surface area contributed by atoms with E-state index in [-0.39, 0.29) is 5.78 Å². The molecule has 1 aliphatic heterocycles. The van der Waals surface area contributed by atoms with Crippen LogP contribution in [0.25, 0.3) is 0 Å². The molecular weight excluding hydrogens is 218 g/mol. The van der Waals surface area contributed by atoms with E-state index in [0.29, 0.717) is 22.2 Å². The van der Waals surface area contributed by atoms with Crippen molar-refractivity contribution < 1.29 is 4.79 Å². The Kier molecular flexibility index (Phi) is 3.63.